The quantitative estimate of drug-likeness (QED) is 0.431. The first-order valence-corrected chi connectivity index (χ1v) is 11.6. The van der Waals surface area contributed by atoms with E-state index in [0.717, 1.165) is 16.5 Å². The highest BCUT2D eigenvalue weighted by Gasteiger charge is 2.39. The fourth-order valence-corrected chi connectivity index (χ4v) is 4.65. The first-order chi connectivity index (χ1) is 17.0. The van der Waals surface area contributed by atoms with E-state index in [2.05, 4.69) is 0 Å². The number of carbonyl (C=O) groups is 3. The number of hydrogen-bond acceptors (Lipinski definition) is 8. The zero-order chi connectivity index (χ0) is 25.9. The molecule has 0 bridgehead atoms. The number of carbonyl (C=O) groups excluding carboxylic acids is 3. The Morgan fingerprint density at radius 2 is 1.94 bits per heavy atom. The Morgan fingerprint density at radius 1 is 1.19 bits per heavy atom. The number of fused-ring (bicyclic) bond motifs is 5. The van der Waals surface area contributed by atoms with Crippen LogP contribution in [-0.2, 0) is 38.6 Å². The molecule has 0 spiro atoms. The Kier molecular flexibility index (Phi) is 5.35. The predicted molar refractivity (Wildman–Crippen MR) is 128 cm³/mol. The van der Waals surface area contributed by atoms with Gasteiger partial charge in [0.25, 0.3) is 5.56 Å². The van der Waals surface area contributed by atoms with E-state index < -0.39 is 29.6 Å². The number of rotatable bonds is 3. The number of hydrogen-bond donors (Lipinski definition) is 1. The number of benzene rings is 1. The minimum Gasteiger partial charge on any atom is -0.458 e. The van der Waals surface area contributed by atoms with Gasteiger partial charge in [-0.15, -0.1) is 0 Å². The van der Waals surface area contributed by atoms with Crippen LogP contribution >= 0.6 is 0 Å². The highest BCUT2D eigenvalue weighted by molar-refractivity contribution is 5.90. The molecular formula is C26H25N3O7. The monoisotopic (exact) mass is 491 g/mol. The van der Waals surface area contributed by atoms with Gasteiger partial charge in [0.05, 0.1) is 34.4 Å². The van der Waals surface area contributed by atoms with Gasteiger partial charge < -0.3 is 24.5 Å². The molecule has 1 amide bonds. The lowest BCUT2D eigenvalue weighted by Crippen LogP contribution is -2.36. The minimum atomic E-state index is -1.33. The van der Waals surface area contributed by atoms with Crippen molar-refractivity contribution < 1.29 is 28.6 Å². The number of ether oxygens (including phenoxy) is 3. The van der Waals surface area contributed by atoms with Crippen molar-refractivity contribution in [2.24, 2.45) is 11.1 Å². The van der Waals surface area contributed by atoms with Crippen molar-refractivity contribution in [3.63, 3.8) is 0 Å². The van der Waals surface area contributed by atoms with Crippen LogP contribution in [0, 0.1) is 5.41 Å². The third-order valence-corrected chi connectivity index (χ3v) is 6.43. The normalized spacial score (nSPS) is 16.1. The Balaban J connectivity index is 1.68. The smallest absolute Gasteiger partial charge is 0.409 e. The summed E-state index contributed by atoms with van der Waals surface area (Å²) in [5.74, 6) is -0.996. The fraction of sp³-hybridized carbons (Fsp3) is 0.346. The molecule has 186 valence electrons. The minimum absolute atomic E-state index is 0.197. The fourth-order valence-electron chi connectivity index (χ4n) is 4.65. The molecule has 0 saturated heterocycles. The van der Waals surface area contributed by atoms with Gasteiger partial charge in [0.1, 0.15) is 12.4 Å². The van der Waals surface area contributed by atoms with Crippen LogP contribution in [0.5, 0.6) is 5.75 Å². The molecule has 2 aliphatic heterocycles. The van der Waals surface area contributed by atoms with Crippen molar-refractivity contribution in [3.05, 3.63) is 56.9 Å². The third kappa shape index (κ3) is 3.69. The van der Waals surface area contributed by atoms with Gasteiger partial charge in [0.15, 0.2) is 0 Å². The second kappa shape index (κ2) is 8.18. The van der Waals surface area contributed by atoms with Crippen LogP contribution in [0.3, 0.4) is 0 Å². The Bertz CT molecular complexity index is 1530. The first-order valence-electron chi connectivity index (χ1n) is 11.6. The molecule has 0 fully saturated rings. The van der Waals surface area contributed by atoms with Gasteiger partial charge in [-0.3, -0.25) is 9.59 Å². The van der Waals surface area contributed by atoms with Gasteiger partial charge in [0.2, 0.25) is 6.10 Å². The molecule has 4 heterocycles. The highest BCUT2D eigenvalue weighted by Crippen LogP contribution is 2.39. The first kappa shape index (κ1) is 23.5. The summed E-state index contributed by atoms with van der Waals surface area (Å²) in [5.41, 5.74) is 8.19. The molecular weight excluding hydrogens is 466 g/mol. The lowest BCUT2D eigenvalue weighted by atomic mass is 9.96. The van der Waals surface area contributed by atoms with E-state index >= 15 is 0 Å². The Labute approximate surface area is 206 Å². The van der Waals surface area contributed by atoms with Gasteiger partial charge in [-0.25, -0.2) is 14.6 Å². The lowest BCUT2D eigenvalue weighted by molar-refractivity contribution is -0.176. The largest absolute Gasteiger partial charge is 0.458 e. The maximum Gasteiger partial charge on any atom is 0.409 e. The molecule has 0 aliphatic carbocycles. The van der Waals surface area contributed by atoms with E-state index in [9.17, 15) is 19.2 Å². The summed E-state index contributed by atoms with van der Waals surface area (Å²) < 4.78 is 17.4. The van der Waals surface area contributed by atoms with E-state index in [0.29, 0.717) is 34.6 Å². The summed E-state index contributed by atoms with van der Waals surface area (Å²) in [6.07, 6.45) is -1.61. The molecule has 36 heavy (non-hydrogen) atoms. The molecule has 2 aliphatic rings. The van der Waals surface area contributed by atoms with Crippen molar-refractivity contribution >= 4 is 28.9 Å². The number of esters is 2. The van der Waals surface area contributed by atoms with Crippen LogP contribution < -0.4 is 16.0 Å². The molecule has 0 radical (unpaired) electrons. The molecule has 0 saturated carbocycles. The topological polar surface area (TPSA) is 140 Å². The Morgan fingerprint density at radius 3 is 2.61 bits per heavy atom. The van der Waals surface area contributed by atoms with Gasteiger partial charge >= 0.3 is 18.0 Å². The van der Waals surface area contributed by atoms with E-state index in [-0.39, 0.29) is 24.3 Å². The van der Waals surface area contributed by atoms with Crippen molar-refractivity contribution in [2.75, 3.05) is 0 Å². The van der Waals surface area contributed by atoms with E-state index in [1.807, 2.05) is 6.92 Å². The third-order valence-electron chi connectivity index (χ3n) is 6.43. The highest BCUT2D eigenvalue weighted by atomic mass is 16.6. The molecule has 2 aromatic heterocycles. The molecule has 10 heteroatoms. The summed E-state index contributed by atoms with van der Waals surface area (Å²) in [5, 5.41) is 0.788. The average molecular weight is 492 g/mol. The number of aryl methyl sites for hydroxylation is 1. The van der Waals surface area contributed by atoms with Gasteiger partial charge in [-0.05, 0) is 57.0 Å². The molecule has 1 aromatic carbocycles. The van der Waals surface area contributed by atoms with Crippen molar-refractivity contribution in [2.45, 2.75) is 53.4 Å². The van der Waals surface area contributed by atoms with Crippen LogP contribution in [0.4, 0.5) is 4.79 Å². The van der Waals surface area contributed by atoms with Gasteiger partial charge in [-0.1, -0.05) is 6.92 Å². The number of aromatic nitrogens is 2. The molecule has 1 atom stereocenters. The summed E-state index contributed by atoms with van der Waals surface area (Å²) in [6.45, 7) is 7.11. The molecule has 1 unspecified atom stereocenters. The van der Waals surface area contributed by atoms with Crippen LogP contribution in [0.25, 0.3) is 22.3 Å². The lowest BCUT2D eigenvalue weighted by Gasteiger charge is -2.27. The Hall–Kier alpha value is -4.21. The maximum absolute atomic E-state index is 13.5. The van der Waals surface area contributed by atoms with Crippen molar-refractivity contribution in [1.82, 2.24) is 9.55 Å². The van der Waals surface area contributed by atoms with Crippen molar-refractivity contribution in [1.29, 1.82) is 0 Å². The molecule has 10 nitrogen and oxygen atoms in total. The SMILES string of the molecule is CCc1c2c(nc3ccc(OC(N)=O)cc13)-c1cc3c(c(=O)n1C2)COC(=O)C3OC(=O)C(C)(C)C. The number of cyclic esters (lactones) is 1. The van der Waals surface area contributed by atoms with Crippen molar-refractivity contribution in [3.8, 4) is 17.1 Å². The van der Waals surface area contributed by atoms with Crippen LogP contribution in [-0.4, -0.2) is 27.6 Å². The number of nitrogens with two attached hydrogens (primary N) is 1. The van der Waals surface area contributed by atoms with E-state index in [1.54, 1.807) is 49.6 Å². The summed E-state index contributed by atoms with van der Waals surface area (Å²) in [7, 11) is 0. The van der Waals surface area contributed by atoms with E-state index in [1.165, 1.54) is 0 Å². The summed E-state index contributed by atoms with van der Waals surface area (Å²) in [4.78, 5) is 54.7. The average Bonchev–Trinajstić information content (AvgIpc) is 3.17. The number of primary amides is 1. The molecule has 5 rings (SSSR count). The number of amides is 1. The summed E-state index contributed by atoms with van der Waals surface area (Å²) >= 11 is 0. The van der Waals surface area contributed by atoms with Crippen LogP contribution in [0.1, 0.15) is 56.1 Å². The predicted octanol–water partition coefficient (Wildman–Crippen LogP) is 3.13. The van der Waals surface area contributed by atoms with Gasteiger partial charge in [-0.2, -0.15) is 0 Å². The van der Waals surface area contributed by atoms with Crippen LogP contribution in [0.15, 0.2) is 29.1 Å². The molecule has 2 N–H and O–H groups in total. The molecule has 3 aromatic rings. The van der Waals surface area contributed by atoms with Gasteiger partial charge in [0, 0.05) is 16.5 Å². The standard InChI is InChI=1S/C26H25N3O7/c1-5-13-14-8-12(35-25(27)33)6-7-18(14)28-20-16(13)10-29-19(20)9-15-17(22(29)30)11-34-23(31)21(15)36-24(32)26(2,3)4/h6-9,21H,5,10-11H2,1-4H3,(H2,27,33). The second-order valence-electron chi connectivity index (χ2n) is 9.87. The second-order valence-corrected chi connectivity index (χ2v) is 9.87. The maximum atomic E-state index is 13.5. The van der Waals surface area contributed by atoms with Crippen LogP contribution in [0.2, 0.25) is 0 Å². The zero-order valence-electron chi connectivity index (χ0n) is 20.3. The summed E-state index contributed by atoms with van der Waals surface area (Å²) in [6, 6.07) is 6.72. The van der Waals surface area contributed by atoms with E-state index in [4.69, 9.17) is 24.9 Å². The number of nitrogens with zero attached hydrogens (tertiary/aromatic N) is 2. The zero-order valence-corrected chi connectivity index (χ0v) is 20.3. The number of pyridine rings is 2.